The second kappa shape index (κ2) is 11.2. The third-order valence-electron chi connectivity index (χ3n) is 4.46. The van der Waals surface area contributed by atoms with Crippen LogP contribution in [-0.4, -0.2) is 55.2 Å². The van der Waals surface area contributed by atoms with Crippen LogP contribution in [0.15, 0.2) is 29.3 Å². The molecule has 0 unspecified atom stereocenters. The fraction of sp³-hybridized carbons (Fsp3) is 0.619. The first kappa shape index (κ1) is 22.4. The van der Waals surface area contributed by atoms with E-state index in [4.69, 9.17) is 4.74 Å². The zero-order valence-corrected chi connectivity index (χ0v) is 18.3. The predicted octanol–water partition coefficient (Wildman–Crippen LogP) is 2.58. The molecule has 1 aliphatic carbocycles. The lowest BCUT2D eigenvalue weighted by Crippen LogP contribution is -2.39. The van der Waals surface area contributed by atoms with Crippen LogP contribution in [0.5, 0.6) is 5.75 Å². The first-order valence-electron chi connectivity index (χ1n) is 10.0. The third kappa shape index (κ3) is 8.87. The van der Waals surface area contributed by atoms with E-state index in [0.29, 0.717) is 6.04 Å². The summed E-state index contributed by atoms with van der Waals surface area (Å²) in [5.74, 6) is 1.53. The van der Waals surface area contributed by atoms with Crippen LogP contribution in [0.3, 0.4) is 0 Å². The van der Waals surface area contributed by atoms with Crippen molar-refractivity contribution in [3.8, 4) is 5.75 Å². The fourth-order valence-electron chi connectivity index (χ4n) is 2.40. The van der Waals surface area contributed by atoms with Gasteiger partial charge in [0, 0.05) is 23.9 Å². The molecule has 0 radical (unpaired) electrons. The van der Waals surface area contributed by atoms with E-state index in [1.54, 1.807) is 0 Å². The van der Waals surface area contributed by atoms with Gasteiger partial charge in [0.25, 0.3) is 5.91 Å². The number of benzene rings is 1. The van der Waals surface area contributed by atoms with Crippen LogP contribution in [0.25, 0.3) is 0 Å². The van der Waals surface area contributed by atoms with E-state index in [0.717, 1.165) is 50.6 Å². The van der Waals surface area contributed by atoms with Crippen molar-refractivity contribution in [1.82, 2.24) is 16.0 Å². The van der Waals surface area contributed by atoms with Crippen LogP contribution in [-0.2, 0) is 11.2 Å². The number of amides is 1. The zero-order chi connectivity index (χ0) is 20.4. The van der Waals surface area contributed by atoms with E-state index in [2.05, 4.69) is 48.0 Å². The predicted molar refractivity (Wildman–Crippen MR) is 118 cm³/mol. The van der Waals surface area contributed by atoms with Gasteiger partial charge in [-0.2, -0.15) is 11.8 Å². The molecule has 1 fully saturated rings. The average Bonchev–Trinajstić information content (AvgIpc) is 3.49. The molecular formula is C21H34N4O2S. The van der Waals surface area contributed by atoms with Crippen LogP contribution in [0.4, 0.5) is 0 Å². The summed E-state index contributed by atoms with van der Waals surface area (Å²) in [7, 11) is 0. The largest absolute Gasteiger partial charge is 0.484 e. The lowest BCUT2D eigenvalue weighted by molar-refractivity contribution is -0.123. The maximum Gasteiger partial charge on any atom is 0.258 e. The molecule has 0 aliphatic heterocycles. The molecule has 0 saturated heterocycles. The number of ether oxygens (including phenoxy) is 1. The summed E-state index contributed by atoms with van der Waals surface area (Å²) in [4.78, 5) is 16.3. The van der Waals surface area contributed by atoms with Crippen LogP contribution in [0.1, 0.15) is 39.2 Å². The van der Waals surface area contributed by atoms with Crippen LogP contribution >= 0.6 is 11.8 Å². The van der Waals surface area contributed by atoms with Crippen molar-refractivity contribution in [2.24, 2.45) is 4.99 Å². The van der Waals surface area contributed by atoms with Gasteiger partial charge in [0.15, 0.2) is 12.6 Å². The summed E-state index contributed by atoms with van der Waals surface area (Å²) < 4.78 is 5.67. The highest BCUT2D eigenvalue weighted by atomic mass is 32.2. The zero-order valence-electron chi connectivity index (χ0n) is 17.5. The van der Waals surface area contributed by atoms with E-state index >= 15 is 0 Å². The highest BCUT2D eigenvalue weighted by Crippen LogP contribution is 2.21. The normalized spacial score (nSPS) is 14.5. The molecule has 0 atom stereocenters. The number of carbonyl (C=O) groups is 1. The summed E-state index contributed by atoms with van der Waals surface area (Å²) in [5, 5.41) is 9.60. The standard InChI is InChI=1S/C21H34N4O2S/c1-5-22-20(24-15-21(2,3)28-4)23-13-12-16-6-10-18(11-7-16)27-14-19(26)25-17-8-9-17/h6-7,10-11,17H,5,8-9,12-15H2,1-4H3,(H,25,26)(H2,22,23,24). The molecule has 0 spiro atoms. The molecule has 0 heterocycles. The Kier molecular flexibility index (Phi) is 8.96. The molecule has 6 nitrogen and oxygen atoms in total. The Morgan fingerprint density at radius 3 is 2.57 bits per heavy atom. The molecule has 0 bridgehead atoms. The van der Waals surface area contributed by atoms with Crippen molar-refractivity contribution < 1.29 is 9.53 Å². The van der Waals surface area contributed by atoms with Gasteiger partial charge in [0.05, 0.1) is 6.54 Å². The van der Waals surface area contributed by atoms with Gasteiger partial charge < -0.3 is 20.7 Å². The molecule has 1 aliphatic rings. The number of nitrogens with zero attached hydrogens (tertiary/aromatic N) is 1. The monoisotopic (exact) mass is 406 g/mol. The van der Waals surface area contributed by atoms with E-state index in [1.165, 1.54) is 5.56 Å². The van der Waals surface area contributed by atoms with E-state index in [-0.39, 0.29) is 17.3 Å². The summed E-state index contributed by atoms with van der Waals surface area (Å²) in [6.45, 7) is 8.95. The maximum absolute atomic E-state index is 11.7. The van der Waals surface area contributed by atoms with Gasteiger partial charge >= 0.3 is 0 Å². The quantitative estimate of drug-likeness (QED) is 0.389. The Labute approximate surface area is 173 Å². The number of hydrogen-bond donors (Lipinski definition) is 3. The number of guanidine groups is 1. The molecule has 7 heteroatoms. The molecule has 28 heavy (non-hydrogen) atoms. The van der Waals surface area contributed by atoms with Gasteiger partial charge in [-0.25, -0.2) is 0 Å². The Morgan fingerprint density at radius 2 is 1.96 bits per heavy atom. The topological polar surface area (TPSA) is 74.8 Å². The lowest BCUT2D eigenvalue weighted by atomic mass is 10.1. The molecule has 1 amide bonds. The third-order valence-corrected chi connectivity index (χ3v) is 5.69. The molecule has 3 N–H and O–H groups in total. The van der Waals surface area contributed by atoms with Gasteiger partial charge in [-0.15, -0.1) is 0 Å². The molecule has 2 rings (SSSR count). The summed E-state index contributed by atoms with van der Waals surface area (Å²) in [6, 6.07) is 8.28. The van der Waals surface area contributed by atoms with Crippen molar-refractivity contribution in [2.45, 2.75) is 50.8 Å². The van der Waals surface area contributed by atoms with Crippen LogP contribution in [0, 0.1) is 0 Å². The number of carbonyl (C=O) groups excluding carboxylic acids is 1. The van der Waals surface area contributed by atoms with E-state index in [9.17, 15) is 4.79 Å². The van der Waals surface area contributed by atoms with Gasteiger partial charge in [-0.05, 0) is 64.0 Å². The van der Waals surface area contributed by atoms with Crippen LogP contribution < -0.4 is 20.7 Å². The second-order valence-corrected chi connectivity index (χ2v) is 9.12. The van der Waals surface area contributed by atoms with Crippen molar-refractivity contribution in [2.75, 3.05) is 32.5 Å². The summed E-state index contributed by atoms with van der Waals surface area (Å²) >= 11 is 1.82. The van der Waals surface area contributed by atoms with E-state index < -0.39 is 0 Å². The number of nitrogens with one attached hydrogen (secondary N) is 3. The highest BCUT2D eigenvalue weighted by molar-refractivity contribution is 7.99. The molecule has 1 aromatic rings. The number of rotatable bonds is 11. The van der Waals surface area contributed by atoms with Gasteiger partial charge in [-0.1, -0.05) is 12.1 Å². The molecule has 156 valence electrons. The van der Waals surface area contributed by atoms with Crippen molar-refractivity contribution in [3.05, 3.63) is 29.8 Å². The van der Waals surface area contributed by atoms with Crippen LogP contribution in [0.2, 0.25) is 0 Å². The summed E-state index contributed by atoms with van der Waals surface area (Å²) in [6.07, 6.45) is 5.18. The Morgan fingerprint density at radius 1 is 1.25 bits per heavy atom. The van der Waals surface area contributed by atoms with E-state index in [1.807, 2.05) is 36.0 Å². The molecular weight excluding hydrogens is 372 g/mol. The van der Waals surface area contributed by atoms with Gasteiger partial charge in [0.1, 0.15) is 5.75 Å². The Bertz CT molecular complexity index is 642. The fourth-order valence-corrected chi connectivity index (χ4v) is 2.59. The number of thioether (sulfide) groups is 1. The molecule has 0 aromatic heterocycles. The van der Waals surface area contributed by atoms with Gasteiger partial charge in [-0.3, -0.25) is 9.79 Å². The number of aliphatic imine (C=N–C) groups is 1. The molecule has 1 saturated carbocycles. The minimum Gasteiger partial charge on any atom is -0.484 e. The van der Waals surface area contributed by atoms with Crippen molar-refractivity contribution in [1.29, 1.82) is 0 Å². The smallest absolute Gasteiger partial charge is 0.258 e. The maximum atomic E-state index is 11.7. The Balaban J connectivity index is 1.73. The highest BCUT2D eigenvalue weighted by Gasteiger charge is 2.23. The van der Waals surface area contributed by atoms with Crippen molar-refractivity contribution in [3.63, 3.8) is 0 Å². The SMILES string of the molecule is CCNC(=NCC(C)(C)SC)NCCc1ccc(OCC(=O)NC2CC2)cc1. The lowest BCUT2D eigenvalue weighted by Gasteiger charge is -2.20. The first-order chi connectivity index (χ1) is 13.4. The Hall–Kier alpha value is -1.89. The summed E-state index contributed by atoms with van der Waals surface area (Å²) in [5.41, 5.74) is 1.21. The second-order valence-electron chi connectivity index (χ2n) is 7.61. The van der Waals surface area contributed by atoms with Gasteiger partial charge in [0.2, 0.25) is 0 Å². The minimum atomic E-state index is -0.0457. The number of hydrogen-bond acceptors (Lipinski definition) is 4. The minimum absolute atomic E-state index is 0.0457. The van der Waals surface area contributed by atoms with Crippen molar-refractivity contribution >= 4 is 23.6 Å². The first-order valence-corrected chi connectivity index (χ1v) is 11.2. The molecule has 1 aromatic carbocycles. The average molecular weight is 407 g/mol.